The highest BCUT2D eigenvalue weighted by molar-refractivity contribution is 6.30. The SMILES string of the molecule is O=C(O)C1CC1c1nn(Cc2ccc(Cl)cc2F)c2cc(C(F)(F)F)ccc12. The van der Waals surface area contributed by atoms with E-state index >= 15 is 0 Å². The maximum atomic E-state index is 14.2. The Balaban J connectivity index is 1.82. The third kappa shape index (κ3) is 3.32. The molecule has 4 rings (SSSR count). The van der Waals surface area contributed by atoms with E-state index in [0.29, 0.717) is 17.5 Å². The molecule has 1 heterocycles. The van der Waals surface area contributed by atoms with Gasteiger partial charge in [-0.2, -0.15) is 18.3 Å². The van der Waals surface area contributed by atoms with E-state index in [-0.39, 0.29) is 28.6 Å². The zero-order chi connectivity index (χ0) is 20.2. The van der Waals surface area contributed by atoms with Crippen LogP contribution in [0.15, 0.2) is 36.4 Å². The number of rotatable bonds is 4. The molecule has 0 spiro atoms. The van der Waals surface area contributed by atoms with Gasteiger partial charge in [-0.3, -0.25) is 9.48 Å². The van der Waals surface area contributed by atoms with Crippen molar-refractivity contribution in [3.05, 3.63) is 64.1 Å². The first-order chi connectivity index (χ1) is 13.1. The van der Waals surface area contributed by atoms with Crippen LogP contribution in [0.4, 0.5) is 17.6 Å². The molecule has 1 aliphatic carbocycles. The molecule has 28 heavy (non-hydrogen) atoms. The Morgan fingerprint density at radius 1 is 1.25 bits per heavy atom. The van der Waals surface area contributed by atoms with E-state index in [9.17, 15) is 22.4 Å². The number of carboxylic acids is 1. The van der Waals surface area contributed by atoms with Gasteiger partial charge in [0.1, 0.15) is 5.82 Å². The van der Waals surface area contributed by atoms with Gasteiger partial charge in [0.05, 0.1) is 29.2 Å². The van der Waals surface area contributed by atoms with Crippen LogP contribution in [0, 0.1) is 11.7 Å². The minimum atomic E-state index is -4.54. The summed E-state index contributed by atoms with van der Waals surface area (Å²) in [7, 11) is 0. The lowest BCUT2D eigenvalue weighted by atomic mass is 10.1. The van der Waals surface area contributed by atoms with Gasteiger partial charge >= 0.3 is 12.1 Å². The monoisotopic (exact) mass is 412 g/mol. The number of carbonyl (C=O) groups is 1. The van der Waals surface area contributed by atoms with Crippen LogP contribution in [0.1, 0.15) is 29.2 Å². The van der Waals surface area contributed by atoms with Crippen molar-refractivity contribution in [2.45, 2.75) is 25.1 Å². The summed E-state index contributed by atoms with van der Waals surface area (Å²) < 4.78 is 54.9. The van der Waals surface area contributed by atoms with E-state index in [0.717, 1.165) is 18.2 Å². The Labute approximate surface area is 161 Å². The van der Waals surface area contributed by atoms with Crippen molar-refractivity contribution < 1.29 is 27.5 Å². The molecule has 9 heteroatoms. The Kier molecular flexibility index (Phi) is 4.33. The van der Waals surface area contributed by atoms with Gasteiger partial charge in [-0.25, -0.2) is 4.39 Å². The van der Waals surface area contributed by atoms with Gasteiger partial charge in [0.15, 0.2) is 0 Å². The predicted octanol–water partition coefficient (Wildman–Crippen LogP) is 5.08. The first-order valence-corrected chi connectivity index (χ1v) is 8.77. The van der Waals surface area contributed by atoms with E-state index in [4.69, 9.17) is 16.7 Å². The van der Waals surface area contributed by atoms with Crippen LogP contribution in [-0.2, 0) is 17.5 Å². The summed E-state index contributed by atoms with van der Waals surface area (Å²) in [5.74, 6) is -2.54. The van der Waals surface area contributed by atoms with Crippen LogP contribution in [0.5, 0.6) is 0 Å². The van der Waals surface area contributed by atoms with Gasteiger partial charge in [-0.15, -0.1) is 0 Å². The Morgan fingerprint density at radius 2 is 2.00 bits per heavy atom. The summed E-state index contributed by atoms with van der Waals surface area (Å²) in [6, 6.07) is 7.24. The van der Waals surface area contributed by atoms with Gasteiger partial charge in [0, 0.05) is 21.9 Å². The lowest BCUT2D eigenvalue weighted by Gasteiger charge is -2.09. The molecule has 1 N–H and O–H groups in total. The predicted molar refractivity (Wildman–Crippen MR) is 93.7 cm³/mol. The number of aromatic nitrogens is 2. The molecular weight excluding hydrogens is 400 g/mol. The number of carboxylic acid groups (broad SMARTS) is 1. The molecule has 1 fully saturated rings. The van der Waals surface area contributed by atoms with Gasteiger partial charge in [0.2, 0.25) is 0 Å². The van der Waals surface area contributed by atoms with E-state index < -0.39 is 29.4 Å². The van der Waals surface area contributed by atoms with Crippen LogP contribution in [0.3, 0.4) is 0 Å². The lowest BCUT2D eigenvalue weighted by molar-refractivity contribution is -0.139. The lowest BCUT2D eigenvalue weighted by Crippen LogP contribution is -2.07. The summed E-state index contributed by atoms with van der Waals surface area (Å²) in [5.41, 5.74) is -0.0427. The minimum absolute atomic E-state index is 0.106. The molecule has 0 radical (unpaired) electrons. The van der Waals surface area contributed by atoms with Crippen molar-refractivity contribution >= 4 is 28.5 Å². The van der Waals surface area contributed by atoms with Crippen molar-refractivity contribution in [2.24, 2.45) is 5.92 Å². The molecule has 1 aliphatic rings. The summed E-state index contributed by atoms with van der Waals surface area (Å²) in [5, 5.41) is 14.2. The third-order valence-electron chi connectivity index (χ3n) is 4.90. The van der Waals surface area contributed by atoms with Gasteiger partial charge in [-0.05, 0) is 30.7 Å². The van der Waals surface area contributed by atoms with Crippen LogP contribution in [0.25, 0.3) is 10.9 Å². The van der Waals surface area contributed by atoms with E-state index in [2.05, 4.69) is 5.10 Å². The fourth-order valence-electron chi connectivity index (χ4n) is 3.35. The van der Waals surface area contributed by atoms with E-state index in [1.165, 1.54) is 22.9 Å². The molecule has 2 unspecified atom stereocenters. The molecule has 2 aromatic carbocycles. The summed E-state index contributed by atoms with van der Waals surface area (Å²) in [6.45, 7) is -0.106. The Bertz CT molecular complexity index is 1090. The summed E-state index contributed by atoms with van der Waals surface area (Å²) in [6.07, 6.45) is -4.17. The third-order valence-corrected chi connectivity index (χ3v) is 5.14. The summed E-state index contributed by atoms with van der Waals surface area (Å²) in [4.78, 5) is 11.2. The molecule has 0 aliphatic heterocycles. The molecule has 146 valence electrons. The number of fused-ring (bicyclic) bond motifs is 1. The molecule has 0 amide bonds. The van der Waals surface area contributed by atoms with Gasteiger partial charge < -0.3 is 5.11 Å². The van der Waals surface area contributed by atoms with E-state index in [1.54, 1.807) is 0 Å². The number of aliphatic carboxylic acids is 1. The average molecular weight is 413 g/mol. The molecule has 1 saturated carbocycles. The number of benzene rings is 2. The second kappa shape index (κ2) is 6.48. The minimum Gasteiger partial charge on any atom is -0.481 e. The van der Waals surface area contributed by atoms with Crippen LogP contribution < -0.4 is 0 Å². The summed E-state index contributed by atoms with van der Waals surface area (Å²) >= 11 is 5.74. The van der Waals surface area contributed by atoms with Gasteiger partial charge in [-0.1, -0.05) is 23.7 Å². The van der Waals surface area contributed by atoms with Crippen molar-refractivity contribution in [3.63, 3.8) is 0 Å². The topological polar surface area (TPSA) is 55.1 Å². The highest BCUT2D eigenvalue weighted by Gasteiger charge is 2.47. The van der Waals surface area contributed by atoms with Crippen LogP contribution >= 0.6 is 11.6 Å². The number of alkyl halides is 3. The number of halogens is 5. The molecule has 1 aromatic heterocycles. The van der Waals surface area contributed by atoms with Crippen LogP contribution in [-0.4, -0.2) is 20.9 Å². The smallest absolute Gasteiger partial charge is 0.416 e. The second-order valence-electron chi connectivity index (χ2n) is 6.80. The molecule has 3 aromatic rings. The second-order valence-corrected chi connectivity index (χ2v) is 7.23. The Morgan fingerprint density at radius 3 is 2.61 bits per heavy atom. The van der Waals surface area contributed by atoms with Crippen molar-refractivity contribution in [1.82, 2.24) is 9.78 Å². The maximum Gasteiger partial charge on any atom is 0.416 e. The highest BCUT2D eigenvalue weighted by atomic mass is 35.5. The Hall–Kier alpha value is -2.61. The fourth-order valence-corrected chi connectivity index (χ4v) is 3.51. The van der Waals surface area contributed by atoms with Crippen molar-refractivity contribution in [3.8, 4) is 0 Å². The number of hydrogen-bond acceptors (Lipinski definition) is 2. The number of nitrogens with zero attached hydrogens (tertiary/aromatic N) is 2. The standard InChI is InChI=1S/C19H13ClF4N2O2/c20-11-3-1-9(15(21)6-11)8-26-16-5-10(19(22,23)24)2-4-12(16)17(25-26)13-7-14(13)18(27)28/h1-6,13-14H,7-8H2,(H,27,28). The number of hydrogen-bond donors (Lipinski definition) is 1. The zero-order valence-corrected chi connectivity index (χ0v) is 14.9. The molecular formula is C19H13ClF4N2O2. The fraction of sp³-hybridized carbons (Fsp3) is 0.263. The molecule has 0 bridgehead atoms. The average Bonchev–Trinajstić information content (AvgIpc) is 3.33. The quantitative estimate of drug-likeness (QED) is 0.608. The van der Waals surface area contributed by atoms with Gasteiger partial charge in [0.25, 0.3) is 0 Å². The van der Waals surface area contributed by atoms with Crippen LogP contribution in [0.2, 0.25) is 5.02 Å². The molecule has 2 atom stereocenters. The highest BCUT2D eigenvalue weighted by Crippen LogP contribution is 2.49. The van der Waals surface area contributed by atoms with E-state index in [1.807, 2.05) is 0 Å². The molecule has 4 nitrogen and oxygen atoms in total. The normalized spacial score (nSPS) is 19.2. The maximum absolute atomic E-state index is 14.2. The zero-order valence-electron chi connectivity index (χ0n) is 14.2. The molecule has 0 saturated heterocycles. The largest absolute Gasteiger partial charge is 0.481 e. The first kappa shape index (κ1) is 18.7. The van der Waals surface area contributed by atoms with Crippen molar-refractivity contribution in [1.29, 1.82) is 0 Å². The van der Waals surface area contributed by atoms with Crippen molar-refractivity contribution in [2.75, 3.05) is 0 Å². The first-order valence-electron chi connectivity index (χ1n) is 8.39.